The van der Waals surface area contributed by atoms with E-state index in [4.69, 9.17) is 16.3 Å². The summed E-state index contributed by atoms with van der Waals surface area (Å²) in [6.45, 7) is 3.72. The lowest BCUT2D eigenvalue weighted by Gasteiger charge is -2.17. The van der Waals surface area contributed by atoms with Crippen molar-refractivity contribution in [2.75, 3.05) is 19.0 Å². The van der Waals surface area contributed by atoms with Crippen LogP contribution in [0.1, 0.15) is 21.6 Å². The predicted octanol–water partition coefficient (Wildman–Crippen LogP) is 4.06. The van der Waals surface area contributed by atoms with Gasteiger partial charge in [-0.2, -0.15) is 0 Å². The van der Waals surface area contributed by atoms with E-state index in [1.165, 1.54) is 19.5 Å². The average Bonchev–Trinajstić information content (AvgIpc) is 3.25. The van der Waals surface area contributed by atoms with Crippen molar-refractivity contribution in [2.24, 2.45) is 0 Å². The third-order valence-corrected chi connectivity index (χ3v) is 5.88. The van der Waals surface area contributed by atoms with Crippen molar-refractivity contribution in [3.63, 3.8) is 0 Å². The number of carbonyl (C=O) groups is 2. The minimum atomic E-state index is -2.93. The third-order valence-electron chi connectivity index (χ3n) is 5.58. The molecule has 4 N–H and O–H groups in total. The lowest BCUT2D eigenvalue weighted by atomic mass is 10.0. The number of pyridine rings is 1. The SMILES string of the molecule is C=CC(=O)N[C@H](C#Cc1cnccc1-c1[nH]c2c(c1Nc1cccc(Cl)c1OC)C(=O)NCC2)C(F)F. The first-order valence-corrected chi connectivity index (χ1v) is 11.5. The number of anilines is 2. The Balaban J connectivity index is 1.84. The molecule has 1 aliphatic heterocycles. The number of carbonyl (C=O) groups excluding carboxylic acids is 2. The van der Waals surface area contributed by atoms with Crippen LogP contribution in [-0.2, 0) is 11.2 Å². The van der Waals surface area contributed by atoms with E-state index in [0.29, 0.717) is 63.2 Å². The van der Waals surface area contributed by atoms with E-state index < -0.39 is 18.4 Å². The first kappa shape index (κ1) is 25.7. The minimum Gasteiger partial charge on any atom is -0.493 e. The summed E-state index contributed by atoms with van der Waals surface area (Å²) >= 11 is 6.29. The van der Waals surface area contributed by atoms with Gasteiger partial charge in [0.25, 0.3) is 12.3 Å². The molecule has 11 heteroatoms. The zero-order valence-corrected chi connectivity index (χ0v) is 20.4. The van der Waals surface area contributed by atoms with Crippen molar-refractivity contribution >= 4 is 34.8 Å². The molecule has 0 saturated carbocycles. The standard InChI is InChI=1S/C26H22ClF2N5O3/c1-3-20(35)32-19(25(28)29)8-7-14-13-30-11-9-15(14)22-23(21-17(33-22)10-12-31-26(21)36)34-18-6-4-5-16(27)24(18)37-2/h3-6,9,11,13,19,25,33-34H,1,10,12H2,2H3,(H,31,36)(H,32,35)/t19-/m1/s1. The van der Waals surface area contributed by atoms with Crippen LogP contribution in [0.3, 0.4) is 0 Å². The van der Waals surface area contributed by atoms with Crippen LogP contribution in [0.4, 0.5) is 20.2 Å². The normalized spacial score (nSPS) is 13.1. The number of halogens is 3. The van der Waals surface area contributed by atoms with Gasteiger partial charge in [-0.3, -0.25) is 14.6 Å². The fourth-order valence-electron chi connectivity index (χ4n) is 3.90. The Bertz CT molecular complexity index is 1430. The maximum Gasteiger partial charge on any atom is 0.269 e. The van der Waals surface area contributed by atoms with Crippen LogP contribution < -0.4 is 20.7 Å². The molecular formula is C26H22ClF2N5O3. The summed E-state index contributed by atoms with van der Waals surface area (Å²) in [7, 11) is 1.48. The molecule has 0 saturated heterocycles. The molecule has 0 aliphatic carbocycles. The molecule has 3 aromatic rings. The molecule has 3 heterocycles. The molecule has 37 heavy (non-hydrogen) atoms. The van der Waals surface area contributed by atoms with Crippen molar-refractivity contribution < 1.29 is 23.1 Å². The number of aromatic nitrogens is 2. The maximum atomic E-state index is 13.5. The number of aromatic amines is 1. The topological polar surface area (TPSA) is 108 Å². The summed E-state index contributed by atoms with van der Waals surface area (Å²) in [5.74, 6) is 4.44. The fourth-order valence-corrected chi connectivity index (χ4v) is 4.15. The fraction of sp³-hybridized carbons (Fsp3) is 0.192. The molecule has 8 nitrogen and oxygen atoms in total. The molecule has 2 amide bonds. The molecule has 0 spiro atoms. The first-order chi connectivity index (χ1) is 17.8. The molecule has 0 radical (unpaired) electrons. The third kappa shape index (κ3) is 5.42. The van der Waals surface area contributed by atoms with Gasteiger partial charge in [-0.1, -0.05) is 36.1 Å². The number of alkyl halides is 2. The highest BCUT2D eigenvalue weighted by atomic mass is 35.5. The number of hydrogen-bond acceptors (Lipinski definition) is 5. The van der Waals surface area contributed by atoms with Crippen molar-refractivity contribution in [3.8, 4) is 28.8 Å². The predicted molar refractivity (Wildman–Crippen MR) is 136 cm³/mol. The van der Waals surface area contributed by atoms with Gasteiger partial charge in [0.15, 0.2) is 11.8 Å². The second-order valence-corrected chi connectivity index (χ2v) is 8.30. The molecule has 0 bridgehead atoms. The highest BCUT2D eigenvalue weighted by Gasteiger charge is 2.28. The Kier molecular flexibility index (Phi) is 7.74. The van der Waals surface area contributed by atoms with Crippen molar-refractivity contribution in [1.29, 1.82) is 0 Å². The lowest BCUT2D eigenvalue weighted by molar-refractivity contribution is -0.117. The van der Waals surface area contributed by atoms with Crippen LogP contribution in [-0.4, -0.2) is 47.9 Å². The van der Waals surface area contributed by atoms with Gasteiger partial charge in [0.1, 0.15) is 0 Å². The van der Waals surface area contributed by atoms with Crippen LogP contribution in [0.25, 0.3) is 11.3 Å². The van der Waals surface area contributed by atoms with Gasteiger partial charge in [0.2, 0.25) is 5.91 Å². The number of H-pyrrole nitrogens is 1. The number of nitrogens with zero attached hydrogens (tertiary/aromatic N) is 1. The van der Waals surface area contributed by atoms with Crippen LogP contribution in [0, 0.1) is 11.8 Å². The number of amides is 2. The highest BCUT2D eigenvalue weighted by Crippen LogP contribution is 2.41. The molecular weight excluding hydrogens is 504 g/mol. The molecule has 1 aliphatic rings. The van der Waals surface area contributed by atoms with Crippen LogP contribution in [0.5, 0.6) is 5.75 Å². The lowest BCUT2D eigenvalue weighted by Crippen LogP contribution is -2.37. The summed E-state index contributed by atoms with van der Waals surface area (Å²) in [5, 5.41) is 8.56. The van der Waals surface area contributed by atoms with E-state index in [1.807, 2.05) is 0 Å². The summed E-state index contributed by atoms with van der Waals surface area (Å²) in [4.78, 5) is 31.8. The Hall–Kier alpha value is -4.36. The van der Waals surface area contributed by atoms with Gasteiger partial charge in [0, 0.05) is 36.6 Å². The molecule has 1 aromatic carbocycles. The van der Waals surface area contributed by atoms with Crippen LogP contribution in [0.2, 0.25) is 5.02 Å². The van der Waals surface area contributed by atoms with Gasteiger partial charge in [-0.25, -0.2) is 8.78 Å². The maximum absolute atomic E-state index is 13.5. The number of para-hydroxylation sites is 1. The van der Waals surface area contributed by atoms with Crippen molar-refractivity contribution in [3.05, 3.63) is 71.2 Å². The highest BCUT2D eigenvalue weighted by molar-refractivity contribution is 6.32. The van der Waals surface area contributed by atoms with E-state index in [-0.39, 0.29) is 5.91 Å². The van der Waals surface area contributed by atoms with Crippen molar-refractivity contribution in [1.82, 2.24) is 20.6 Å². The molecule has 0 unspecified atom stereocenters. The summed E-state index contributed by atoms with van der Waals surface area (Å²) in [6.07, 6.45) is 1.46. The van der Waals surface area contributed by atoms with Gasteiger partial charge in [-0.15, -0.1) is 0 Å². The molecule has 4 rings (SSSR count). The van der Waals surface area contributed by atoms with E-state index in [2.05, 4.69) is 44.3 Å². The molecule has 2 aromatic heterocycles. The number of rotatable bonds is 7. The largest absolute Gasteiger partial charge is 0.493 e. The summed E-state index contributed by atoms with van der Waals surface area (Å²) < 4.78 is 32.4. The summed E-state index contributed by atoms with van der Waals surface area (Å²) in [5.41, 5.74) is 3.37. The van der Waals surface area contributed by atoms with Gasteiger partial charge >= 0.3 is 0 Å². The zero-order chi connectivity index (χ0) is 26.5. The number of ether oxygens (including phenoxy) is 1. The number of benzene rings is 1. The Labute approximate surface area is 216 Å². The van der Waals surface area contributed by atoms with Gasteiger partial charge in [-0.05, 0) is 24.3 Å². The average molecular weight is 526 g/mol. The van der Waals surface area contributed by atoms with Gasteiger partial charge in [0.05, 0.1) is 40.3 Å². The Morgan fingerprint density at radius 2 is 2.16 bits per heavy atom. The second kappa shape index (κ2) is 11.1. The number of hydrogen-bond donors (Lipinski definition) is 4. The number of fused-ring (bicyclic) bond motifs is 1. The Morgan fingerprint density at radius 3 is 2.89 bits per heavy atom. The van der Waals surface area contributed by atoms with Gasteiger partial charge < -0.3 is 25.7 Å². The minimum absolute atomic E-state index is 0.279. The second-order valence-electron chi connectivity index (χ2n) is 7.90. The number of methoxy groups -OCH3 is 1. The molecule has 1 atom stereocenters. The Morgan fingerprint density at radius 1 is 1.35 bits per heavy atom. The molecule has 0 fully saturated rings. The molecule has 190 valence electrons. The van der Waals surface area contributed by atoms with E-state index in [1.54, 1.807) is 24.3 Å². The van der Waals surface area contributed by atoms with Crippen molar-refractivity contribution in [2.45, 2.75) is 18.9 Å². The monoisotopic (exact) mass is 525 g/mol. The van der Waals surface area contributed by atoms with E-state index >= 15 is 0 Å². The van der Waals surface area contributed by atoms with E-state index in [0.717, 1.165) is 6.08 Å². The van der Waals surface area contributed by atoms with E-state index in [9.17, 15) is 18.4 Å². The summed E-state index contributed by atoms with van der Waals surface area (Å²) in [6, 6.07) is 5.09. The quantitative estimate of drug-likeness (QED) is 0.275. The zero-order valence-electron chi connectivity index (χ0n) is 19.6. The first-order valence-electron chi connectivity index (χ1n) is 11.1. The number of nitrogens with one attached hydrogen (secondary N) is 4. The van der Waals surface area contributed by atoms with Crippen LogP contribution in [0.15, 0.2) is 49.3 Å². The van der Waals surface area contributed by atoms with Crippen LogP contribution >= 0.6 is 11.6 Å². The smallest absolute Gasteiger partial charge is 0.269 e.